The van der Waals surface area contributed by atoms with E-state index in [1.807, 2.05) is 19.1 Å². The van der Waals surface area contributed by atoms with Crippen LogP contribution in [-0.4, -0.2) is 48.0 Å². The summed E-state index contributed by atoms with van der Waals surface area (Å²) in [6, 6.07) is 10.4. The monoisotopic (exact) mass is 590 g/mol. The van der Waals surface area contributed by atoms with Crippen LogP contribution in [0.5, 0.6) is 5.75 Å². The van der Waals surface area contributed by atoms with Gasteiger partial charge in [-0.25, -0.2) is 4.79 Å². The summed E-state index contributed by atoms with van der Waals surface area (Å²) in [5.41, 5.74) is 7.97. The van der Waals surface area contributed by atoms with E-state index in [4.69, 9.17) is 19.6 Å². The van der Waals surface area contributed by atoms with Gasteiger partial charge in [0.25, 0.3) is 11.8 Å². The number of nitrogens with zero attached hydrogens (tertiary/aromatic N) is 1. The summed E-state index contributed by atoms with van der Waals surface area (Å²) in [6.45, 7) is 7.26. The van der Waals surface area contributed by atoms with Gasteiger partial charge >= 0.3 is 6.09 Å². The Labute approximate surface area is 250 Å². The van der Waals surface area contributed by atoms with Crippen molar-refractivity contribution in [3.63, 3.8) is 0 Å². The van der Waals surface area contributed by atoms with E-state index in [0.717, 1.165) is 28.5 Å². The van der Waals surface area contributed by atoms with Gasteiger partial charge in [-0.2, -0.15) is 0 Å². The molecular weight excluding hydrogens is 552 g/mol. The lowest BCUT2D eigenvalue weighted by molar-refractivity contribution is -0.134. The van der Waals surface area contributed by atoms with Crippen LogP contribution < -0.4 is 21.1 Å². The molecular formula is C32H38N4O7. The Morgan fingerprint density at radius 3 is 2.58 bits per heavy atom. The zero-order valence-electron chi connectivity index (χ0n) is 25.2. The number of hydrogen-bond donors (Lipinski definition) is 3. The van der Waals surface area contributed by atoms with Crippen molar-refractivity contribution in [3.8, 4) is 5.75 Å². The molecule has 43 heavy (non-hydrogen) atoms. The molecule has 1 aliphatic heterocycles. The van der Waals surface area contributed by atoms with Gasteiger partial charge in [0.05, 0.1) is 19.7 Å². The summed E-state index contributed by atoms with van der Waals surface area (Å²) < 4.78 is 16.9. The van der Waals surface area contributed by atoms with Crippen molar-refractivity contribution in [3.05, 3.63) is 64.4 Å². The molecule has 0 radical (unpaired) electrons. The van der Waals surface area contributed by atoms with E-state index in [1.54, 1.807) is 45.0 Å². The first-order chi connectivity index (χ1) is 20.3. The van der Waals surface area contributed by atoms with E-state index in [9.17, 15) is 19.2 Å². The maximum Gasteiger partial charge on any atom is 0.408 e. The molecule has 11 nitrogen and oxygen atoms in total. The molecule has 2 heterocycles. The number of nitrogens with two attached hydrogens (primary N) is 1. The maximum absolute atomic E-state index is 13.6. The van der Waals surface area contributed by atoms with E-state index in [1.165, 1.54) is 12.0 Å². The van der Waals surface area contributed by atoms with Gasteiger partial charge in [-0.05, 0) is 87.1 Å². The van der Waals surface area contributed by atoms with Crippen molar-refractivity contribution in [2.24, 2.45) is 5.73 Å². The van der Waals surface area contributed by atoms with Gasteiger partial charge < -0.3 is 29.8 Å². The van der Waals surface area contributed by atoms with Gasteiger partial charge in [-0.1, -0.05) is 13.0 Å². The van der Waals surface area contributed by atoms with Crippen LogP contribution in [0.25, 0.3) is 11.0 Å². The number of furan rings is 1. The molecule has 3 aromatic rings. The van der Waals surface area contributed by atoms with Gasteiger partial charge in [-0.15, -0.1) is 0 Å². The summed E-state index contributed by atoms with van der Waals surface area (Å²) in [5, 5.41) is 6.05. The number of carbonyl (C=O) groups is 4. The molecule has 0 saturated heterocycles. The second-order valence-electron chi connectivity index (χ2n) is 12.2. The van der Waals surface area contributed by atoms with Crippen LogP contribution in [0.4, 0.5) is 4.79 Å². The number of fused-ring (bicyclic) bond motifs is 3. The van der Waals surface area contributed by atoms with Crippen LogP contribution in [0.2, 0.25) is 0 Å². The van der Waals surface area contributed by atoms with Crippen molar-refractivity contribution in [2.45, 2.75) is 77.1 Å². The normalized spacial score (nSPS) is 17.3. The number of carbonyl (C=O) groups excluding carboxylic acids is 4. The highest BCUT2D eigenvalue weighted by Crippen LogP contribution is 2.38. The number of nitrogens with one attached hydrogen (secondary N) is 2. The number of imide groups is 1. The number of benzene rings is 2. The number of hydrogen-bond acceptors (Lipinski definition) is 8. The number of aryl methyl sites for hydroxylation is 1. The second kappa shape index (κ2) is 11.4. The smallest absolute Gasteiger partial charge is 0.408 e. The minimum absolute atomic E-state index is 0.117. The van der Waals surface area contributed by atoms with Crippen molar-refractivity contribution in [1.82, 2.24) is 15.5 Å². The molecule has 2 unspecified atom stereocenters. The Kier molecular flexibility index (Phi) is 7.95. The van der Waals surface area contributed by atoms with E-state index in [-0.39, 0.29) is 37.2 Å². The third-order valence-electron chi connectivity index (χ3n) is 7.76. The second-order valence-corrected chi connectivity index (χ2v) is 12.2. The summed E-state index contributed by atoms with van der Waals surface area (Å²) in [7, 11) is 1.52. The Morgan fingerprint density at radius 1 is 1.12 bits per heavy atom. The molecule has 228 valence electrons. The Morgan fingerprint density at radius 2 is 1.88 bits per heavy atom. The van der Waals surface area contributed by atoms with Crippen molar-refractivity contribution >= 4 is 34.8 Å². The average Bonchev–Trinajstić information content (AvgIpc) is 3.61. The fourth-order valence-corrected chi connectivity index (χ4v) is 5.65. The molecule has 4 N–H and O–H groups in total. The molecule has 4 amide bonds. The van der Waals surface area contributed by atoms with Crippen LogP contribution in [0.3, 0.4) is 0 Å². The number of alkyl carbamates (subject to hydrolysis) is 1. The molecule has 2 aromatic carbocycles. The number of methoxy groups -OCH3 is 1. The third-order valence-corrected chi connectivity index (χ3v) is 7.76. The van der Waals surface area contributed by atoms with Crippen molar-refractivity contribution < 1.29 is 33.1 Å². The van der Waals surface area contributed by atoms with Gasteiger partial charge in [0.2, 0.25) is 5.91 Å². The highest BCUT2D eigenvalue weighted by atomic mass is 16.6. The number of ether oxygens (including phenoxy) is 2. The molecule has 5 rings (SSSR count). The van der Waals surface area contributed by atoms with E-state index < -0.39 is 29.0 Å². The van der Waals surface area contributed by atoms with Gasteiger partial charge in [0, 0.05) is 23.9 Å². The minimum atomic E-state index is -1.87. The molecule has 0 fully saturated rings. The topological polar surface area (TPSA) is 153 Å². The standard InChI is InChI=1S/C32H38N4O7/c1-6-7-27(37)35-29(39)32(33,17-36-16-19-8-10-21(41-5)14-23(19)28(36)38)26-13-20-12-18-9-11-24(22(18)15-25(20)42-26)34-30(40)43-31(2,3)4/h8,10,12-15,24H,6-7,9,11,16-17,33H2,1-5H3,(H,34,40)(H,35,37,39). The first kappa shape index (κ1) is 30.1. The number of rotatable bonds is 8. The summed E-state index contributed by atoms with van der Waals surface area (Å²) in [4.78, 5) is 53.4. The first-order valence-corrected chi connectivity index (χ1v) is 14.5. The fraction of sp³-hybridized carbons (Fsp3) is 0.438. The van der Waals surface area contributed by atoms with E-state index in [0.29, 0.717) is 29.7 Å². The molecule has 0 spiro atoms. The van der Waals surface area contributed by atoms with Gasteiger partial charge in [-0.3, -0.25) is 19.7 Å². The summed E-state index contributed by atoms with van der Waals surface area (Å²) >= 11 is 0. The molecule has 2 atom stereocenters. The van der Waals surface area contributed by atoms with Crippen molar-refractivity contribution in [2.75, 3.05) is 13.7 Å². The SMILES string of the molecule is CCCC(=O)NC(=O)C(N)(CN1Cc2ccc(OC)cc2C1=O)c1cc2cc3c(cc2o1)C(NC(=O)OC(C)(C)C)CC3. The molecule has 0 bridgehead atoms. The zero-order chi connectivity index (χ0) is 31.1. The van der Waals surface area contributed by atoms with Crippen LogP contribution >= 0.6 is 0 Å². The predicted octanol–water partition coefficient (Wildman–Crippen LogP) is 4.21. The number of amides is 4. The zero-order valence-corrected chi connectivity index (χ0v) is 25.2. The molecule has 0 saturated carbocycles. The van der Waals surface area contributed by atoms with Crippen LogP contribution in [-0.2, 0) is 32.8 Å². The minimum Gasteiger partial charge on any atom is -0.497 e. The lowest BCUT2D eigenvalue weighted by Crippen LogP contribution is -2.58. The first-order valence-electron chi connectivity index (χ1n) is 14.5. The summed E-state index contributed by atoms with van der Waals surface area (Å²) in [6.07, 6.45) is 1.63. The lowest BCUT2D eigenvalue weighted by Gasteiger charge is -2.30. The van der Waals surface area contributed by atoms with Crippen LogP contribution in [0.15, 0.2) is 40.8 Å². The Balaban J connectivity index is 1.47. The molecule has 1 aromatic heterocycles. The van der Waals surface area contributed by atoms with Crippen molar-refractivity contribution in [1.29, 1.82) is 0 Å². The average molecular weight is 591 g/mol. The molecule has 2 aliphatic rings. The van der Waals surface area contributed by atoms with Crippen LogP contribution in [0.1, 0.15) is 85.8 Å². The van der Waals surface area contributed by atoms with Crippen LogP contribution in [0, 0.1) is 0 Å². The molecule has 11 heteroatoms. The van der Waals surface area contributed by atoms with Gasteiger partial charge in [0.1, 0.15) is 22.7 Å². The predicted molar refractivity (Wildman–Crippen MR) is 158 cm³/mol. The van der Waals surface area contributed by atoms with E-state index >= 15 is 0 Å². The Hall–Kier alpha value is -4.38. The highest BCUT2D eigenvalue weighted by Gasteiger charge is 2.45. The Bertz CT molecular complexity index is 1600. The lowest BCUT2D eigenvalue weighted by atomic mass is 9.94. The fourth-order valence-electron chi connectivity index (χ4n) is 5.65. The largest absolute Gasteiger partial charge is 0.497 e. The summed E-state index contributed by atoms with van der Waals surface area (Å²) in [5.74, 6) is -0.869. The third kappa shape index (κ3) is 6.08. The van der Waals surface area contributed by atoms with Gasteiger partial charge in [0.15, 0.2) is 5.54 Å². The quantitative estimate of drug-likeness (QED) is 0.353. The van der Waals surface area contributed by atoms with E-state index in [2.05, 4.69) is 10.6 Å². The molecule has 1 aliphatic carbocycles. The highest BCUT2D eigenvalue weighted by molar-refractivity contribution is 6.02. The maximum atomic E-state index is 13.6.